The quantitative estimate of drug-likeness (QED) is 0.564. The van der Waals surface area contributed by atoms with Gasteiger partial charge in [0.25, 0.3) is 0 Å². The maximum absolute atomic E-state index is 5.37. The molecular formula is C9H16O2. The molecule has 1 fully saturated rings. The summed E-state index contributed by atoms with van der Waals surface area (Å²) in [4.78, 5) is 0. The van der Waals surface area contributed by atoms with Gasteiger partial charge in [-0.25, -0.2) is 0 Å². The highest BCUT2D eigenvalue weighted by Gasteiger charge is 2.29. The summed E-state index contributed by atoms with van der Waals surface area (Å²) in [5, 5.41) is 0. The molecule has 1 aliphatic heterocycles. The summed E-state index contributed by atoms with van der Waals surface area (Å²) in [7, 11) is 1.75. The van der Waals surface area contributed by atoms with Crippen molar-refractivity contribution in [2.45, 2.75) is 13.0 Å². The molecule has 0 saturated carbocycles. The van der Waals surface area contributed by atoms with Crippen LogP contribution < -0.4 is 0 Å². The Balaban J connectivity index is 2.55. The highest BCUT2D eigenvalue weighted by molar-refractivity contribution is 4.90. The molecule has 1 rings (SSSR count). The molecule has 1 aliphatic rings. The van der Waals surface area contributed by atoms with E-state index in [0.717, 1.165) is 13.2 Å². The molecule has 2 nitrogen and oxygen atoms in total. The van der Waals surface area contributed by atoms with Crippen LogP contribution in [0.3, 0.4) is 0 Å². The minimum absolute atomic E-state index is 0.293. The maximum atomic E-state index is 5.37. The van der Waals surface area contributed by atoms with Gasteiger partial charge in [0.2, 0.25) is 0 Å². The molecule has 0 radical (unpaired) electrons. The molecule has 0 aliphatic carbocycles. The van der Waals surface area contributed by atoms with Crippen LogP contribution in [-0.4, -0.2) is 26.4 Å². The summed E-state index contributed by atoms with van der Waals surface area (Å²) < 4.78 is 10.7. The van der Waals surface area contributed by atoms with Crippen LogP contribution in [0.25, 0.3) is 0 Å². The van der Waals surface area contributed by atoms with Crippen LogP contribution in [0.2, 0.25) is 0 Å². The first-order valence-corrected chi connectivity index (χ1v) is 4.02. The van der Waals surface area contributed by atoms with Gasteiger partial charge in [-0.1, -0.05) is 13.0 Å². The fraction of sp³-hybridized carbons (Fsp3) is 0.778. The molecule has 0 unspecified atom stereocenters. The van der Waals surface area contributed by atoms with Gasteiger partial charge >= 0.3 is 0 Å². The predicted octanol–water partition coefficient (Wildman–Crippen LogP) is 1.47. The SMILES string of the molecule is C=C[C@@H]1COC[C@H](C)[C@H]1OC. The summed E-state index contributed by atoms with van der Waals surface area (Å²) in [6, 6.07) is 0. The standard InChI is InChI=1S/C9H16O2/c1-4-8-6-11-5-7(2)9(8)10-3/h4,7-9H,1,5-6H2,2-3H3/t7-,8+,9+/m0/s1. The lowest BCUT2D eigenvalue weighted by Gasteiger charge is -2.33. The lowest BCUT2D eigenvalue weighted by atomic mass is 9.91. The summed E-state index contributed by atoms with van der Waals surface area (Å²) in [6.07, 6.45) is 2.21. The average Bonchev–Trinajstić information content (AvgIpc) is 2.04. The molecular weight excluding hydrogens is 140 g/mol. The number of ether oxygens (including phenoxy) is 2. The second kappa shape index (κ2) is 3.88. The molecule has 2 heteroatoms. The molecule has 0 N–H and O–H groups in total. The first kappa shape index (κ1) is 8.75. The smallest absolute Gasteiger partial charge is 0.0703 e. The highest BCUT2D eigenvalue weighted by atomic mass is 16.5. The van der Waals surface area contributed by atoms with Crippen molar-refractivity contribution in [3.8, 4) is 0 Å². The summed E-state index contributed by atoms with van der Waals surface area (Å²) in [6.45, 7) is 7.46. The predicted molar refractivity (Wildman–Crippen MR) is 44.5 cm³/mol. The van der Waals surface area contributed by atoms with Crippen LogP contribution in [0, 0.1) is 11.8 Å². The van der Waals surface area contributed by atoms with E-state index in [1.165, 1.54) is 0 Å². The van der Waals surface area contributed by atoms with Gasteiger partial charge in [0.05, 0.1) is 19.3 Å². The summed E-state index contributed by atoms with van der Waals surface area (Å²) >= 11 is 0. The van der Waals surface area contributed by atoms with Gasteiger partial charge in [0, 0.05) is 18.9 Å². The van der Waals surface area contributed by atoms with Crippen LogP contribution >= 0.6 is 0 Å². The first-order chi connectivity index (χ1) is 5.29. The molecule has 0 bridgehead atoms. The van der Waals surface area contributed by atoms with Crippen molar-refractivity contribution in [2.75, 3.05) is 20.3 Å². The normalized spacial score (nSPS) is 38.5. The fourth-order valence-corrected chi connectivity index (χ4v) is 1.61. The van der Waals surface area contributed by atoms with Gasteiger partial charge in [-0.3, -0.25) is 0 Å². The number of rotatable bonds is 2. The first-order valence-electron chi connectivity index (χ1n) is 4.02. The van der Waals surface area contributed by atoms with Crippen molar-refractivity contribution in [3.63, 3.8) is 0 Å². The third-order valence-corrected chi connectivity index (χ3v) is 2.25. The van der Waals surface area contributed by atoms with Crippen LogP contribution in [0.15, 0.2) is 12.7 Å². The Morgan fingerprint density at radius 2 is 2.27 bits per heavy atom. The van der Waals surface area contributed by atoms with Crippen molar-refractivity contribution >= 4 is 0 Å². The number of hydrogen-bond donors (Lipinski definition) is 0. The Hall–Kier alpha value is -0.340. The van der Waals surface area contributed by atoms with E-state index in [4.69, 9.17) is 9.47 Å². The zero-order valence-corrected chi connectivity index (χ0v) is 7.25. The number of hydrogen-bond acceptors (Lipinski definition) is 2. The third-order valence-electron chi connectivity index (χ3n) is 2.25. The highest BCUT2D eigenvalue weighted by Crippen LogP contribution is 2.23. The molecule has 3 atom stereocenters. The second-order valence-electron chi connectivity index (χ2n) is 3.11. The van der Waals surface area contributed by atoms with Gasteiger partial charge in [-0.2, -0.15) is 0 Å². The van der Waals surface area contributed by atoms with Crippen LogP contribution in [0.1, 0.15) is 6.92 Å². The maximum Gasteiger partial charge on any atom is 0.0703 e. The van der Waals surface area contributed by atoms with Crippen molar-refractivity contribution in [1.82, 2.24) is 0 Å². The Morgan fingerprint density at radius 1 is 1.55 bits per heavy atom. The lowest BCUT2D eigenvalue weighted by Crippen LogP contribution is -2.38. The molecule has 0 spiro atoms. The Bertz CT molecular complexity index is 134. The molecule has 1 heterocycles. The van der Waals surface area contributed by atoms with E-state index < -0.39 is 0 Å². The van der Waals surface area contributed by atoms with E-state index in [0.29, 0.717) is 17.9 Å². The van der Waals surface area contributed by atoms with E-state index in [-0.39, 0.29) is 0 Å². The minimum Gasteiger partial charge on any atom is -0.380 e. The zero-order valence-electron chi connectivity index (χ0n) is 7.25. The fourth-order valence-electron chi connectivity index (χ4n) is 1.61. The minimum atomic E-state index is 0.293. The topological polar surface area (TPSA) is 18.5 Å². The Morgan fingerprint density at radius 3 is 2.73 bits per heavy atom. The average molecular weight is 156 g/mol. The molecule has 0 aromatic rings. The molecule has 0 amide bonds. The molecule has 1 saturated heterocycles. The summed E-state index contributed by atoms with van der Waals surface area (Å²) in [5.41, 5.74) is 0. The zero-order chi connectivity index (χ0) is 8.27. The van der Waals surface area contributed by atoms with Crippen molar-refractivity contribution in [2.24, 2.45) is 11.8 Å². The van der Waals surface area contributed by atoms with E-state index in [1.54, 1.807) is 7.11 Å². The van der Waals surface area contributed by atoms with E-state index >= 15 is 0 Å². The van der Waals surface area contributed by atoms with Gasteiger partial charge in [0.15, 0.2) is 0 Å². The molecule has 0 aromatic heterocycles. The van der Waals surface area contributed by atoms with Gasteiger partial charge < -0.3 is 9.47 Å². The van der Waals surface area contributed by atoms with Crippen LogP contribution in [-0.2, 0) is 9.47 Å². The van der Waals surface area contributed by atoms with Gasteiger partial charge in [0.1, 0.15) is 0 Å². The molecule has 64 valence electrons. The molecule has 0 aromatic carbocycles. The van der Waals surface area contributed by atoms with Crippen molar-refractivity contribution in [3.05, 3.63) is 12.7 Å². The van der Waals surface area contributed by atoms with Gasteiger partial charge in [-0.05, 0) is 0 Å². The van der Waals surface area contributed by atoms with Crippen LogP contribution in [0.5, 0.6) is 0 Å². The van der Waals surface area contributed by atoms with Crippen molar-refractivity contribution < 1.29 is 9.47 Å². The van der Waals surface area contributed by atoms with Gasteiger partial charge in [-0.15, -0.1) is 6.58 Å². The monoisotopic (exact) mass is 156 g/mol. The number of methoxy groups -OCH3 is 1. The van der Waals surface area contributed by atoms with E-state index in [1.807, 2.05) is 6.08 Å². The van der Waals surface area contributed by atoms with E-state index in [2.05, 4.69) is 13.5 Å². The Kier molecular flexibility index (Phi) is 3.09. The van der Waals surface area contributed by atoms with E-state index in [9.17, 15) is 0 Å². The Labute approximate surface area is 68.2 Å². The molecule has 11 heavy (non-hydrogen) atoms. The third kappa shape index (κ3) is 1.82. The second-order valence-corrected chi connectivity index (χ2v) is 3.11. The van der Waals surface area contributed by atoms with Crippen LogP contribution in [0.4, 0.5) is 0 Å². The summed E-state index contributed by atoms with van der Waals surface area (Å²) in [5.74, 6) is 0.848. The van der Waals surface area contributed by atoms with Crippen molar-refractivity contribution in [1.29, 1.82) is 0 Å². The largest absolute Gasteiger partial charge is 0.380 e. The lowest BCUT2D eigenvalue weighted by molar-refractivity contribution is -0.0768.